The van der Waals surface area contributed by atoms with E-state index in [1.165, 1.54) is 7.11 Å². The van der Waals surface area contributed by atoms with Crippen LogP contribution in [0.4, 0.5) is 0 Å². The molecule has 3 rings (SSSR count). The minimum Gasteiger partial charge on any atom is -0.469 e. The van der Waals surface area contributed by atoms with Crippen LogP contribution in [0.2, 0.25) is 0 Å². The molecule has 1 N–H and O–H groups in total. The number of esters is 1. The van der Waals surface area contributed by atoms with Gasteiger partial charge in [0.25, 0.3) is 5.91 Å². The van der Waals surface area contributed by atoms with Gasteiger partial charge in [-0.25, -0.2) is 0 Å². The number of H-pyrrole nitrogens is 1. The van der Waals surface area contributed by atoms with Crippen molar-refractivity contribution in [3.8, 4) is 0 Å². The minimum atomic E-state index is -0.173. The van der Waals surface area contributed by atoms with E-state index in [1.807, 2.05) is 35.4 Å². The number of para-hydroxylation sites is 1. The number of amides is 1. The van der Waals surface area contributed by atoms with Crippen LogP contribution >= 0.6 is 0 Å². The van der Waals surface area contributed by atoms with Crippen molar-refractivity contribution in [2.75, 3.05) is 20.2 Å². The van der Waals surface area contributed by atoms with E-state index in [2.05, 4.69) is 4.98 Å². The predicted molar refractivity (Wildman–Crippen MR) is 78.9 cm³/mol. The number of fused-ring (bicyclic) bond motifs is 1. The Labute approximate surface area is 122 Å². The highest BCUT2D eigenvalue weighted by Gasteiger charge is 2.28. The smallest absolute Gasteiger partial charge is 0.308 e. The van der Waals surface area contributed by atoms with Gasteiger partial charge in [0.15, 0.2) is 0 Å². The average Bonchev–Trinajstić information content (AvgIpc) is 3.02. The van der Waals surface area contributed by atoms with Crippen LogP contribution in [0, 0.1) is 5.92 Å². The molecule has 0 radical (unpaired) electrons. The third kappa shape index (κ3) is 2.51. The first-order chi connectivity index (χ1) is 10.2. The van der Waals surface area contributed by atoms with Gasteiger partial charge >= 0.3 is 5.97 Å². The summed E-state index contributed by atoms with van der Waals surface area (Å²) in [6.45, 7) is 1.19. The molecule has 5 heteroatoms. The van der Waals surface area contributed by atoms with Crippen LogP contribution in [-0.4, -0.2) is 42.0 Å². The molecule has 1 aromatic carbocycles. The summed E-state index contributed by atoms with van der Waals surface area (Å²) in [5.41, 5.74) is 1.56. The second-order valence-corrected chi connectivity index (χ2v) is 5.34. The summed E-state index contributed by atoms with van der Waals surface area (Å²) >= 11 is 0. The van der Waals surface area contributed by atoms with E-state index in [0.717, 1.165) is 10.9 Å². The number of methoxy groups -OCH3 is 1. The summed E-state index contributed by atoms with van der Waals surface area (Å²) < 4.78 is 4.77. The maximum absolute atomic E-state index is 12.6. The van der Waals surface area contributed by atoms with E-state index in [4.69, 9.17) is 4.74 Å². The van der Waals surface area contributed by atoms with Crippen LogP contribution in [0.25, 0.3) is 10.9 Å². The van der Waals surface area contributed by atoms with Crippen molar-refractivity contribution < 1.29 is 14.3 Å². The molecule has 21 heavy (non-hydrogen) atoms. The summed E-state index contributed by atoms with van der Waals surface area (Å²) in [4.78, 5) is 29.1. The number of likely N-dealkylation sites (tertiary alicyclic amines) is 1. The van der Waals surface area contributed by atoms with Crippen LogP contribution in [0.15, 0.2) is 30.5 Å². The Bertz CT molecular complexity index is 669. The Kier molecular flexibility index (Phi) is 3.64. The van der Waals surface area contributed by atoms with Crippen LogP contribution in [-0.2, 0) is 9.53 Å². The molecule has 1 saturated heterocycles. The zero-order valence-electron chi connectivity index (χ0n) is 12.0. The fourth-order valence-electron chi connectivity index (χ4n) is 2.92. The number of piperidine rings is 1. The first-order valence-corrected chi connectivity index (χ1v) is 7.14. The molecule has 1 aliphatic heterocycles. The normalized spacial score (nSPS) is 16.1. The van der Waals surface area contributed by atoms with Gasteiger partial charge < -0.3 is 14.6 Å². The van der Waals surface area contributed by atoms with Gasteiger partial charge in [0, 0.05) is 24.7 Å². The van der Waals surface area contributed by atoms with E-state index in [9.17, 15) is 9.59 Å². The molecule has 0 unspecified atom stereocenters. The highest BCUT2D eigenvalue weighted by molar-refractivity contribution is 6.05. The fraction of sp³-hybridized carbons (Fsp3) is 0.375. The van der Waals surface area contributed by atoms with Crippen molar-refractivity contribution in [2.24, 2.45) is 5.92 Å². The van der Waals surface area contributed by atoms with Gasteiger partial charge in [-0.15, -0.1) is 0 Å². The van der Waals surface area contributed by atoms with Gasteiger partial charge in [0.2, 0.25) is 0 Å². The van der Waals surface area contributed by atoms with Crippen LogP contribution in [0.3, 0.4) is 0 Å². The molecule has 110 valence electrons. The number of hydrogen-bond acceptors (Lipinski definition) is 3. The molecule has 0 saturated carbocycles. The Morgan fingerprint density at radius 1 is 1.24 bits per heavy atom. The van der Waals surface area contributed by atoms with Gasteiger partial charge in [0.1, 0.15) is 0 Å². The molecule has 1 aromatic heterocycles. The summed E-state index contributed by atoms with van der Waals surface area (Å²) in [5, 5.41) is 1.03. The van der Waals surface area contributed by atoms with E-state index in [0.29, 0.717) is 31.5 Å². The number of nitrogens with one attached hydrogen (secondary N) is 1. The quantitative estimate of drug-likeness (QED) is 0.861. The molecule has 1 amide bonds. The molecule has 0 bridgehead atoms. The summed E-state index contributed by atoms with van der Waals surface area (Å²) in [6, 6.07) is 7.67. The number of benzene rings is 1. The summed E-state index contributed by atoms with van der Waals surface area (Å²) in [6.07, 6.45) is 3.17. The van der Waals surface area contributed by atoms with E-state index >= 15 is 0 Å². The topological polar surface area (TPSA) is 62.4 Å². The van der Waals surface area contributed by atoms with Crippen LogP contribution in [0.5, 0.6) is 0 Å². The standard InChI is InChI=1S/C16H18N2O3/c1-21-16(20)12-6-9-18(10-7-12)15(19)13-4-2-3-11-5-8-17-14(11)13/h2-5,8,12,17H,6-7,9-10H2,1H3. The summed E-state index contributed by atoms with van der Waals surface area (Å²) in [5.74, 6) is -0.236. The van der Waals surface area contributed by atoms with Crippen LogP contribution in [0.1, 0.15) is 23.2 Å². The molecule has 1 aliphatic rings. The molecular formula is C16H18N2O3. The van der Waals surface area contributed by atoms with Gasteiger partial charge in [-0.3, -0.25) is 9.59 Å². The highest BCUT2D eigenvalue weighted by atomic mass is 16.5. The molecule has 1 fully saturated rings. The SMILES string of the molecule is COC(=O)C1CCN(C(=O)c2cccc3cc[nH]c23)CC1. The Morgan fingerprint density at radius 2 is 2.00 bits per heavy atom. The molecule has 5 nitrogen and oxygen atoms in total. The molecule has 2 heterocycles. The van der Waals surface area contributed by atoms with E-state index < -0.39 is 0 Å². The highest BCUT2D eigenvalue weighted by Crippen LogP contribution is 2.23. The number of rotatable bonds is 2. The lowest BCUT2D eigenvalue weighted by Gasteiger charge is -2.30. The van der Waals surface area contributed by atoms with E-state index in [-0.39, 0.29) is 17.8 Å². The van der Waals surface area contributed by atoms with Gasteiger partial charge in [-0.2, -0.15) is 0 Å². The number of aromatic nitrogens is 1. The van der Waals surface area contributed by atoms with E-state index in [1.54, 1.807) is 0 Å². The first kappa shape index (κ1) is 13.7. The maximum atomic E-state index is 12.6. The van der Waals surface area contributed by atoms with Crippen molar-refractivity contribution in [3.63, 3.8) is 0 Å². The molecule has 0 aliphatic carbocycles. The number of carbonyl (C=O) groups excluding carboxylic acids is 2. The molecule has 0 spiro atoms. The minimum absolute atomic E-state index is 0.0198. The zero-order valence-corrected chi connectivity index (χ0v) is 12.0. The lowest BCUT2D eigenvalue weighted by molar-refractivity contribution is -0.146. The maximum Gasteiger partial charge on any atom is 0.308 e. The lowest BCUT2D eigenvalue weighted by atomic mass is 9.96. The van der Waals surface area contributed by atoms with Crippen molar-refractivity contribution in [1.82, 2.24) is 9.88 Å². The monoisotopic (exact) mass is 286 g/mol. The summed E-state index contributed by atoms with van der Waals surface area (Å²) in [7, 11) is 1.41. The Morgan fingerprint density at radius 3 is 2.71 bits per heavy atom. The van der Waals surface area contributed by atoms with Crippen molar-refractivity contribution in [2.45, 2.75) is 12.8 Å². The fourth-order valence-corrected chi connectivity index (χ4v) is 2.92. The Balaban J connectivity index is 1.75. The number of hydrogen-bond donors (Lipinski definition) is 1. The predicted octanol–water partition coefficient (Wildman–Crippen LogP) is 2.19. The number of nitrogens with zero attached hydrogens (tertiary/aromatic N) is 1. The first-order valence-electron chi connectivity index (χ1n) is 7.14. The second-order valence-electron chi connectivity index (χ2n) is 5.34. The van der Waals surface area contributed by atoms with Gasteiger partial charge in [-0.1, -0.05) is 12.1 Å². The number of carbonyl (C=O) groups is 2. The second kappa shape index (κ2) is 5.60. The molecule has 0 atom stereocenters. The zero-order chi connectivity index (χ0) is 14.8. The molecular weight excluding hydrogens is 268 g/mol. The van der Waals surface area contributed by atoms with Crippen LogP contribution < -0.4 is 0 Å². The van der Waals surface area contributed by atoms with Crippen molar-refractivity contribution >= 4 is 22.8 Å². The Hall–Kier alpha value is -2.30. The van der Waals surface area contributed by atoms with Crippen molar-refractivity contribution in [3.05, 3.63) is 36.0 Å². The average molecular weight is 286 g/mol. The molecule has 2 aromatic rings. The third-order valence-corrected chi connectivity index (χ3v) is 4.13. The van der Waals surface area contributed by atoms with Gasteiger partial charge in [-0.05, 0) is 25.0 Å². The number of ether oxygens (including phenoxy) is 1. The largest absolute Gasteiger partial charge is 0.469 e. The van der Waals surface area contributed by atoms with Gasteiger partial charge in [0.05, 0.1) is 24.1 Å². The van der Waals surface area contributed by atoms with Crippen molar-refractivity contribution in [1.29, 1.82) is 0 Å². The lowest BCUT2D eigenvalue weighted by Crippen LogP contribution is -2.40. The third-order valence-electron chi connectivity index (χ3n) is 4.13. The number of aromatic amines is 1.